The van der Waals surface area contributed by atoms with Crippen molar-refractivity contribution in [2.45, 2.75) is 335 Å². The average molecular weight is 996 g/mol. The van der Waals surface area contributed by atoms with Crippen molar-refractivity contribution in [2.24, 2.45) is 0 Å². The molecular weight excluding hydrogens is 877 g/mol. The van der Waals surface area contributed by atoms with Crippen molar-refractivity contribution in [3.63, 3.8) is 0 Å². The summed E-state index contributed by atoms with van der Waals surface area (Å²) in [7, 11) is 0. The number of ether oxygens (including phenoxy) is 3. The first-order chi connectivity index (χ1) is 35.0. The Morgan fingerprint density at radius 1 is 0.282 bits per heavy atom. The number of carbonyl (C=O) groups is 3. The lowest BCUT2D eigenvalue weighted by Crippen LogP contribution is -2.30. The van der Waals surface area contributed by atoms with Gasteiger partial charge in [-0.2, -0.15) is 0 Å². The number of unbranched alkanes of at least 4 members (excludes halogenated alkanes) is 38. The zero-order chi connectivity index (χ0) is 51.4. The van der Waals surface area contributed by atoms with Crippen LogP contribution in [0.4, 0.5) is 0 Å². The number of carbonyl (C=O) groups excluding carboxylic acids is 3. The minimum absolute atomic E-state index is 0.0755. The lowest BCUT2D eigenvalue weighted by atomic mass is 10.0. The highest BCUT2D eigenvalue weighted by atomic mass is 16.6. The van der Waals surface area contributed by atoms with Gasteiger partial charge in [0, 0.05) is 19.3 Å². The third-order valence-corrected chi connectivity index (χ3v) is 13.8. The molecule has 414 valence electrons. The summed E-state index contributed by atoms with van der Waals surface area (Å²) < 4.78 is 16.9. The van der Waals surface area contributed by atoms with Gasteiger partial charge in [0.05, 0.1) is 0 Å². The van der Waals surface area contributed by atoms with Gasteiger partial charge in [-0.15, -0.1) is 0 Å². The van der Waals surface area contributed by atoms with Gasteiger partial charge in [0.25, 0.3) is 0 Å². The van der Waals surface area contributed by atoms with E-state index in [0.29, 0.717) is 19.3 Å². The summed E-state index contributed by atoms with van der Waals surface area (Å²) in [6.07, 6.45) is 73.9. The van der Waals surface area contributed by atoms with E-state index in [1.54, 1.807) is 0 Å². The molecule has 0 saturated heterocycles. The zero-order valence-electron chi connectivity index (χ0n) is 47.5. The fraction of sp³-hybridized carbons (Fsp3) is 0.831. The summed E-state index contributed by atoms with van der Waals surface area (Å²) >= 11 is 0. The van der Waals surface area contributed by atoms with E-state index in [-0.39, 0.29) is 31.1 Å². The lowest BCUT2D eigenvalue weighted by molar-refractivity contribution is -0.167. The van der Waals surface area contributed by atoms with Crippen LogP contribution in [-0.4, -0.2) is 37.2 Å². The predicted molar refractivity (Wildman–Crippen MR) is 307 cm³/mol. The third-order valence-electron chi connectivity index (χ3n) is 13.8. The molecule has 0 aliphatic carbocycles. The second-order valence-electron chi connectivity index (χ2n) is 21.0. The number of esters is 3. The molecule has 0 aliphatic rings. The topological polar surface area (TPSA) is 78.9 Å². The maximum absolute atomic E-state index is 12.9. The van der Waals surface area contributed by atoms with Gasteiger partial charge in [-0.25, -0.2) is 0 Å². The largest absolute Gasteiger partial charge is 0.462 e. The second-order valence-corrected chi connectivity index (χ2v) is 21.0. The first-order valence-electron chi connectivity index (χ1n) is 31.1. The summed E-state index contributed by atoms with van der Waals surface area (Å²) in [4.78, 5) is 38.3. The lowest BCUT2D eigenvalue weighted by Gasteiger charge is -2.18. The van der Waals surface area contributed by atoms with Crippen molar-refractivity contribution < 1.29 is 28.6 Å². The first-order valence-corrected chi connectivity index (χ1v) is 31.1. The Hall–Kier alpha value is -2.63. The van der Waals surface area contributed by atoms with Crippen LogP contribution in [0.2, 0.25) is 0 Å². The van der Waals surface area contributed by atoms with Crippen molar-refractivity contribution in [2.75, 3.05) is 13.2 Å². The SMILES string of the molecule is CCCCC/C=C\C/C=C\CCCCCCCCCC(=O)OCC(COC(=O)CCCCCCCCCCCCCCCCCCCCC)OC(=O)CCCCCCCCC/C=C\C/C=C\CCCCC. The van der Waals surface area contributed by atoms with E-state index >= 15 is 0 Å². The van der Waals surface area contributed by atoms with Crippen LogP contribution >= 0.6 is 0 Å². The molecule has 0 N–H and O–H groups in total. The molecule has 0 aliphatic heterocycles. The highest BCUT2D eigenvalue weighted by Crippen LogP contribution is 2.17. The minimum Gasteiger partial charge on any atom is -0.462 e. The molecule has 0 aromatic rings. The van der Waals surface area contributed by atoms with Gasteiger partial charge in [0.15, 0.2) is 6.10 Å². The molecule has 6 nitrogen and oxygen atoms in total. The Bertz CT molecular complexity index is 1230. The van der Waals surface area contributed by atoms with E-state index in [0.717, 1.165) is 83.5 Å². The Labute approximate surface area is 441 Å². The predicted octanol–water partition coefficient (Wildman–Crippen LogP) is 21.0. The Morgan fingerprint density at radius 3 is 0.803 bits per heavy atom. The van der Waals surface area contributed by atoms with E-state index < -0.39 is 6.10 Å². The molecule has 0 bridgehead atoms. The van der Waals surface area contributed by atoms with Crippen molar-refractivity contribution in [3.8, 4) is 0 Å². The summed E-state index contributed by atoms with van der Waals surface area (Å²) in [5.74, 6) is -0.872. The van der Waals surface area contributed by atoms with E-state index in [4.69, 9.17) is 14.2 Å². The molecule has 0 saturated carbocycles. The molecule has 0 amide bonds. The molecule has 0 rings (SSSR count). The van der Waals surface area contributed by atoms with Crippen LogP contribution in [0.25, 0.3) is 0 Å². The van der Waals surface area contributed by atoms with E-state index in [1.165, 1.54) is 205 Å². The Balaban J connectivity index is 4.36. The maximum atomic E-state index is 12.9. The van der Waals surface area contributed by atoms with Crippen LogP contribution in [-0.2, 0) is 28.6 Å². The van der Waals surface area contributed by atoms with Crippen LogP contribution in [0.3, 0.4) is 0 Å². The number of rotatable bonds is 57. The zero-order valence-corrected chi connectivity index (χ0v) is 47.5. The fourth-order valence-corrected chi connectivity index (χ4v) is 9.09. The molecule has 0 heterocycles. The Morgan fingerprint density at radius 2 is 0.507 bits per heavy atom. The number of hydrogen-bond donors (Lipinski definition) is 0. The molecule has 6 heteroatoms. The molecule has 0 spiro atoms. The van der Waals surface area contributed by atoms with Crippen LogP contribution in [0.1, 0.15) is 329 Å². The second kappa shape index (κ2) is 59.9. The summed E-state index contributed by atoms with van der Waals surface area (Å²) in [6.45, 7) is 6.63. The van der Waals surface area contributed by atoms with E-state index in [1.807, 2.05) is 0 Å². The third kappa shape index (κ3) is 58.1. The minimum atomic E-state index is -0.779. The smallest absolute Gasteiger partial charge is 0.306 e. The van der Waals surface area contributed by atoms with Crippen LogP contribution in [0, 0.1) is 0 Å². The number of hydrogen-bond acceptors (Lipinski definition) is 6. The molecule has 1 unspecified atom stereocenters. The van der Waals surface area contributed by atoms with Crippen LogP contribution < -0.4 is 0 Å². The van der Waals surface area contributed by atoms with Gasteiger partial charge in [-0.1, -0.05) is 275 Å². The summed E-state index contributed by atoms with van der Waals surface area (Å²) in [5, 5.41) is 0. The summed E-state index contributed by atoms with van der Waals surface area (Å²) in [6, 6.07) is 0. The molecule has 0 radical (unpaired) electrons. The van der Waals surface area contributed by atoms with Gasteiger partial charge in [0.2, 0.25) is 0 Å². The first kappa shape index (κ1) is 68.4. The van der Waals surface area contributed by atoms with Crippen molar-refractivity contribution >= 4 is 17.9 Å². The highest BCUT2D eigenvalue weighted by molar-refractivity contribution is 5.71. The fourth-order valence-electron chi connectivity index (χ4n) is 9.09. The van der Waals surface area contributed by atoms with Gasteiger partial charge in [-0.05, 0) is 83.5 Å². The van der Waals surface area contributed by atoms with Crippen LogP contribution in [0.5, 0.6) is 0 Å². The monoisotopic (exact) mass is 995 g/mol. The highest BCUT2D eigenvalue weighted by Gasteiger charge is 2.19. The van der Waals surface area contributed by atoms with Gasteiger partial charge >= 0.3 is 17.9 Å². The molecule has 0 aromatic heterocycles. The quantitative estimate of drug-likeness (QED) is 0.0261. The number of allylic oxidation sites excluding steroid dienone is 8. The maximum Gasteiger partial charge on any atom is 0.306 e. The van der Waals surface area contributed by atoms with Gasteiger partial charge < -0.3 is 14.2 Å². The van der Waals surface area contributed by atoms with E-state index in [9.17, 15) is 14.4 Å². The van der Waals surface area contributed by atoms with E-state index in [2.05, 4.69) is 69.4 Å². The summed E-state index contributed by atoms with van der Waals surface area (Å²) in [5.41, 5.74) is 0. The standard InChI is InChI=1S/C65H118O6/c1-4-7-10-13-16-19-22-25-28-31-32-35-37-40-43-46-49-52-55-58-64(67)70-61-62(71-65(68)59-56-53-50-47-44-41-38-34-30-27-24-21-18-15-12-9-6-3)60-69-63(66)57-54-51-48-45-42-39-36-33-29-26-23-20-17-14-11-8-5-2/h17-18,20-21,26-27,29-30,62H,4-16,19,22-25,28,31-61H2,1-3H3/b20-17-,21-18-,29-26-,30-27-. The molecule has 1 atom stereocenters. The van der Waals surface area contributed by atoms with Crippen molar-refractivity contribution in [1.82, 2.24) is 0 Å². The van der Waals surface area contributed by atoms with Crippen molar-refractivity contribution in [1.29, 1.82) is 0 Å². The Kier molecular flexibility index (Phi) is 57.7. The molecular formula is C65H118O6. The van der Waals surface area contributed by atoms with Gasteiger partial charge in [-0.3, -0.25) is 14.4 Å². The normalized spacial score (nSPS) is 12.3. The van der Waals surface area contributed by atoms with Crippen LogP contribution in [0.15, 0.2) is 48.6 Å². The van der Waals surface area contributed by atoms with Crippen molar-refractivity contribution in [3.05, 3.63) is 48.6 Å². The molecule has 71 heavy (non-hydrogen) atoms. The molecule has 0 fully saturated rings. The van der Waals surface area contributed by atoms with Gasteiger partial charge in [0.1, 0.15) is 13.2 Å². The molecule has 0 aromatic carbocycles. The average Bonchev–Trinajstić information content (AvgIpc) is 3.37.